The minimum absolute atomic E-state index is 0.0393. The van der Waals surface area contributed by atoms with Crippen molar-refractivity contribution >= 4 is 17.9 Å². The highest BCUT2D eigenvalue weighted by molar-refractivity contribution is 5.89. The molecule has 3 heterocycles. The fraction of sp³-hybridized carbons (Fsp3) is 0.845. The zero-order valence-electron chi connectivity index (χ0n) is 48.3. The molecule has 4 saturated carbocycles. The number of hydrogen-bond donors (Lipinski definition) is 10. The molecule has 0 amide bonds. The van der Waals surface area contributed by atoms with Crippen molar-refractivity contribution in [3.63, 3.8) is 0 Å². The molecule has 10 N–H and O–H groups in total. The normalized spacial score (nSPS) is 48.1. The number of carbonyl (C=O) groups is 3. The van der Waals surface area contributed by atoms with Gasteiger partial charge in [0.15, 0.2) is 31.1 Å². The second-order valence-corrected chi connectivity index (χ2v) is 26.2. The van der Waals surface area contributed by atoms with Gasteiger partial charge in [-0.3, -0.25) is 0 Å². The average molecular weight is 1140 g/mol. The summed E-state index contributed by atoms with van der Waals surface area (Å²) in [6.07, 6.45) is -19.1. The third kappa shape index (κ3) is 10.1. The summed E-state index contributed by atoms with van der Waals surface area (Å²) >= 11 is 0. The number of aliphatic hydroxyl groups excluding tert-OH is 10. The van der Waals surface area contributed by atoms with E-state index in [1.54, 1.807) is 39.8 Å². The molecular weight excluding hydrogens is 1050 g/mol. The Kier molecular flexibility index (Phi) is 18.2. The Morgan fingerprint density at radius 1 is 0.650 bits per heavy atom. The van der Waals surface area contributed by atoms with Gasteiger partial charge in [0.2, 0.25) is 0 Å². The lowest BCUT2D eigenvalue weighted by molar-refractivity contribution is -0.386. The van der Waals surface area contributed by atoms with Gasteiger partial charge < -0.3 is 93.7 Å². The lowest BCUT2D eigenvalue weighted by Gasteiger charge is -2.72. The fourth-order valence-electron chi connectivity index (χ4n) is 16.3. The topological polar surface area (TPSA) is 337 Å². The molecule has 22 heteroatoms. The first-order chi connectivity index (χ1) is 37.4. The van der Waals surface area contributed by atoms with Crippen LogP contribution in [0.1, 0.15) is 121 Å². The molecule has 8 aliphatic rings. The summed E-state index contributed by atoms with van der Waals surface area (Å²) in [5.74, 6) is -2.75. The van der Waals surface area contributed by atoms with E-state index in [1.807, 2.05) is 13.8 Å². The van der Waals surface area contributed by atoms with Gasteiger partial charge in [-0.05, 0) is 112 Å². The number of carbonyl (C=O) groups excluding carboxylic acids is 3. The number of methoxy groups -OCH3 is 1. The van der Waals surface area contributed by atoms with E-state index in [0.29, 0.717) is 49.7 Å². The molecule has 25 atom stereocenters. The predicted octanol–water partition coefficient (Wildman–Crippen LogP) is 1.38. The smallest absolute Gasteiger partial charge is 0.337 e. The Labute approximate surface area is 468 Å². The van der Waals surface area contributed by atoms with E-state index >= 15 is 0 Å². The number of rotatable bonds is 14. The van der Waals surface area contributed by atoms with E-state index in [4.69, 9.17) is 42.6 Å². The first kappa shape index (κ1) is 63.0. The monoisotopic (exact) mass is 1140 g/mol. The molecule has 22 nitrogen and oxygen atoms in total. The maximum absolute atomic E-state index is 13.8. The summed E-state index contributed by atoms with van der Waals surface area (Å²) in [7, 11) is 1.08. The van der Waals surface area contributed by atoms with Crippen LogP contribution in [0.5, 0.6) is 0 Å². The number of allylic oxidation sites excluding steroid dienone is 4. The lowest BCUT2D eigenvalue weighted by atomic mass is 9.33. The molecule has 80 heavy (non-hydrogen) atoms. The number of ether oxygens (including phenoxy) is 9. The van der Waals surface area contributed by atoms with Crippen molar-refractivity contribution < 1.29 is 108 Å². The van der Waals surface area contributed by atoms with Gasteiger partial charge in [-0.15, -0.1) is 0 Å². The third-order valence-corrected chi connectivity index (χ3v) is 21.4. The van der Waals surface area contributed by atoms with Crippen LogP contribution in [0.2, 0.25) is 0 Å². The van der Waals surface area contributed by atoms with Crippen molar-refractivity contribution in [2.45, 2.75) is 232 Å². The number of fused-ring (bicyclic) bond motifs is 7. The van der Waals surface area contributed by atoms with Crippen molar-refractivity contribution in [1.82, 2.24) is 0 Å². The molecular formula is C58H90O22. The van der Waals surface area contributed by atoms with Gasteiger partial charge >= 0.3 is 17.9 Å². The highest BCUT2D eigenvalue weighted by Gasteiger charge is 2.74. The van der Waals surface area contributed by atoms with Gasteiger partial charge in [0.05, 0.1) is 44.6 Å². The molecule has 7 fully saturated rings. The Balaban J connectivity index is 1.13. The molecule has 3 aliphatic heterocycles. The fourth-order valence-corrected chi connectivity index (χ4v) is 16.3. The summed E-state index contributed by atoms with van der Waals surface area (Å²) in [6, 6.07) is 0. The number of aliphatic hydroxyl groups is 10. The molecule has 454 valence electrons. The van der Waals surface area contributed by atoms with Gasteiger partial charge in [0.25, 0.3) is 0 Å². The Morgan fingerprint density at radius 2 is 1.20 bits per heavy atom. The molecule has 0 aromatic carbocycles. The first-order valence-electron chi connectivity index (χ1n) is 28.4. The average Bonchev–Trinajstić information content (AvgIpc) is 3.53. The second-order valence-electron chi connectivity index (χ2n) is 26.2. The molecule has 0 unspecified atom stereocenters. The zero-order chi connectivity index (χ0) is 59.1. The van der Waals surface area contributed by atoms with E-state index in [2.05, 4.69) is 40.7 Å². The van der Waals surface area contributed by atoms with E-state index in [0.717, 1.165) is 12.7 Å². The van der Waals surface area contributed by atoms with Crippen LogP contribution in [0, 0.1) is 50.2 Å². The molecule has 5 aliphatic carbocycles. The minimum atomic E-state index is -1.97. The van der Waals surface area contributed by atoms with Crippen molar-refractivity contribution in [2.75, 3.05) is 26.9 Å². The van der Waals surface area contributed by atoms with Crippen LogP contribution >= 0.6 is 0 Å². The quantitative estimate of drug-likeness (QED) is 0.0386. The van der Waals surface area contributed by atoms with Crippen LogP contribution in [0.25, 0.3) is 0 Å². The van der Waals surface area contributed by atoms with Gasteiger partial charge in [-0.1, -0.05) is 72.3 Å². The van der Waals surface area contributed by atoms with E-state index < -0.39 is 181 Å². The van der Waals surface area contributed by atoms with Crippen LogP contribution in [-0.2, 0) is 57.0 Å². The zero-order valence-corrected chi connectivity index (χ0v) is 48.3. The van der Waals surface area contributed by atoms with E-state index in [1.165, 1.54) is 0 Å². The molecule has 0 bridgehead atoms. The van der Waals surface area contributed by atoms with Crippen molar-refractivity contribution in [3.8, 4) is 0 Å². The Bertz CT molecular complexity index is 2370. The second kappa shape index (κ2) is 23.1. The van der Waals surface area contributed by atoms with Crippen LogP contribution in [0.3, 0.4) is 0 Å². The van der Waals surface area contributed by atoms with Gasteiger partial charge in [-0.2, -0.15) is 0 Å². The van der Waals surface area contributed by atoms with Crippen molar-refractivity contribution in [2.24, 2.45) is 50.2 Å². The van der Waals surface area contributed by atoms with Crippen molar-refractivity contribution in [3.05, 3.63) is 34.9 Å². The van der Waals surface area contributed by atoms with Gasteiger partial charge in [0.1, 0.15) is 67.1 Å². The van der Waals surface area contributed by atoms with Crippen LogP contribution in [0.15, 0.2) is 34.9 Å². The van der Waals surface area contributed by atoms with Crippen LogP contribution < -0.4 is 0 Å². The standard InChI is InChI=1S/C58H90O22/c1-13-26(3)47(69)79-45-46(80-48(70)27(4)14-2)58(25-61)29(21-53(45,5)6)28-15-16-33-55(9)19-18-35(54(7,8)32(55)17-20-56(33,10)57(28,11)22-34(58)62)75-52-44(78-51-40(67)38(65)36(63)30(23-59)73-51)42(41(68)43(77-52)49(71)72-12)76-50-39(66)37(64)31(24-60)74-50/h13-15,29-46,50-52,59-68H,16-25H2,1-12H3/b26-13-,27-14-/t29-,30+,31-,32-,33+,34+,35-,36-,37-,38-,39+,40+,41-,42-,43-,44+,45-,46-,50-,51-,52+,55-,56+,57+,58-/m0/s1. The first-order valence-corrected chi connectivity index (χ1v) is 28.4. The number of hydrogen-bond acceptors (Lipinski definition) is 22. The van der Waals surface area contributed by atoms with E-state index in [9.17, 15) is 65.4 Å². The summed E-state index contributed by atoms with van der Waals surface area (Å²) in [6.45, 7) is 19.6. The summed E-state index contributed by atoms with van der Waals surface area (Å²) in [4.78, 5) is 40.9. The minimum Gasteiger partial charge on any atom is -0.467 e. The molecule has 8 rings (SSSR count). The van der Waals surface area contributed by atoms with Gasteiger partial charge in [0, 0.05) is 16.6 Å². The van der Waals surface area contributed by atoms with Gasteiger partial charge in [-0.25, -0.2) is 14.4 Å². The highest BCUT2D eigenvalue weighted by Crippen LogP contribution is 2.76. The molecule has 0 radical (unpaired) electrons. The lowest BCUT2D eigenvalue weighted by Crippen LogP contribution is -2.72. The highest BCUT2D eigenvalue weighted by atomic mass is 16.8. The maximum Gasteiger partial charge on any atom is 0.337 e. The largest absolute Gasteiger partial charge is 0.467 e. The summed E-state index contributed by atoms with van der Waals surface area (Å²) < 4.78 is 54.9. The van der Waals surface area contributed by atoms with Crippen LogP contribution in [-0.4, -0.2) is 206 Å². The SMILES string of the molecule is C/C=C(/C)C(=O)O[C@H]1[C@H](OC(=O)/C(C)=C\C)[C@]2(CO)[C@H](O)C[C@]3(C)C(=CC[C@@H]4[C@@]5(C)CC[C@H](O[C@@H]6O[C@H](C(=O)OC)[C@@H](O)[C@H](O[C@@H]7O[C@@H](CO)[C@H](O)[C@H]7O)[C@H]6O[C@@H]6O[C@H](CO)[C@H](O)[C@H](O)[C@H]6O)C(C)(C)[C@@H]5CC[C@]43C)[C@@H]2CC1(C)C. The summed E-state index contributed by atoms with van der Waals surface area (Å²) in [5, 5.41) is 111. The summed E-state index contributed by atoms with van der Waals surface area (Å²) in [5.41, 5.74) is -2.60. The Morgan fingerprint density at radius 3 is 1.75 bits per heavy atom. The molecule has 0 spiro atoms. The van der Waals surface area contributed by atoms with Crippen LogP contribution in [0.4, 0.5) is 0 Å². The predicted molar refractivity (Wildman–Crippen MR) is 280 cm³/mol. The van der Waals surface area contributed by atoms with Crippen molar-refractivity contribution in [1.29, 1.82) is 0 Å². The molecule has 3 saturated heterocycles. The van der Waals surface area contributed by atoms with E-state index in [-0.39, 0.29) is 23.7 Å². The molecule has 0 aromatic heterocycles. The number of esters is 3. The third-order valence-electron chi connectivity index (χ3n) is 21.4. The molecule has 0 aromatic rings. The Hall–Kier alpha value is -3.01. The maximum atomic E-state index is 13.8.